The van der Waals surface area contributed by atoms with Crippen LogP contribution in [0.2, 0.25) is 0 Å². The van der Waals surface area contributed by atoms with Crippen molar-refractivity contribution in [3.05, 3.63) is 66.2 Å². The fourth-order valence-corrected chi connectivity index (χ4v) is 2.42. The van der Waals surface area contributed by atoms with Crippen molar-refractivity contribution in [3.63, 3.8) is 0 Å². The van der Waals surface area contributed by atoms with Crippen LogP contribution in [0.3, 0.4) is 0 Å². The molecule has 2 unspecified atom stereocenters. The summed E-state index contributed by atoms with van der Waals surface area (Å²) >= 11 is 0. The molecule has 0 aromatic heterocycles. The Morgan fingerprint density at radius 3 is 2.05 bits per heavy atom. The molecule has 0 aliphatic carbocycles. The summed E-state index contributed by atoms with van der Waals surface area (Å²) in [7, 11) is 3.36. The standard InChI is InChI=1S/C18H21NO2/c1-14(15-10-6-4-7-11-15)17(21-3)18(20)19(2)16-12-8-5-9-13-16/h4-14,17H,1-3H3. The molecule has 0 aliphatic heterocycles. The van der Waals surface area contributed by atoms with Crippen LogP contribution in [-0.4, -0.2) is 26.2 Å². The predicted molar refractivity (Wildman–Crippen MR) is 85.5 cm³/mol. The molecule has 110 valence electrons. The van der Waals surface area contributed by atoms with Gasteiger partial charge in [-0.15, -0.1) is 0 Å². The number of nitrogens with zero attached hydrogens (tertiary/aromatic N) is 1. The van der Waals surface area contributed by atoms with E-state index in [2.05, 4.69) is 0 Å². The summed E-state index contributed by atoms with van der Waals surface area (Å²) in [4.78, 5) is 14.3. The number of ether oxygens (including phenoxy) is 1. The van der Waals surface area contributed by atoms with Gasteiger partial charge in [0.15, 0.2) is 0 Å². The van der Waals surface area contributed by atoms with E-state index in [1.807, 2.05) is 67.6 Å². The number of hydrogen-bond donors (Lipinski definition) is 0. The zero-order chi connectivity index (χ0) is 15.2. The number of benzene rings is 2. The van der Waals surface area contributed by atoms with Gasteiger partial charge in [0, 0.05) is 25.8 Å². The van der Waals surface area contributed by atoms with Crippen LogP contribution in [0.15, 0.2) is 60.7 Å². The van der Waals surface area contributed by atoms with Gasteiger partial charge in [0.25, 0.3) is 5.91 Å². The summed E-state index contributed by atoms with van der Waals surface area (Å²) in [6, 6.07) is 19.6. The molecule has 0 radical (unpaired) electrons. The minimum atomic E-state index is -0.502. The molecule has 3 heteroatoms. The molecular weight excluding hydrogens is 262 g/mol. The van der Waals surface area contributed by atoms with Gasteiger partial charge < -0.3 is 9.64 Å². The second-order valence-corrected chi connectivity index (χ2v) is 5.09. The van der Waals surface area contributed by atoms with E-state index >= 15 is 0 Å². The van der Waals surface area contributed by atoms with Gasteiger partial charge in [-0.25, -0.2) is 0 Å². The molecule has 0 aliphatic rings. The molecule has 0 spiro atoms. The first-order valence-corrected chi connectivity index (χ1v) is 7.05. The molecule has 0 N–H and O–H groups in total. The van der Waals surface area contributed by atoms with Gasteiger partial charge in [0.1, 0.15) is 6.10 Å². The summed E-state index contributed by atoms with van der Waals surface area (Å²) in [5, 5.41) is 0. The molecule has 2 aromatic rings. The SMILES string of the molecule is COC(C(=O)N(C)c1ccccc1)C(C)c1ccccc1. The molecule has 2 aromatic carbocycles. The van der Waals surface area contributed by atoms with Crippen molar-refractivity contribution in [1.82, 2.24) is 0 Å². The maximum absolute atomic E-state index is 12.7. The Balaban J connectivity index is 2.19. The minimum Gasteiger partial charge on any atom is -0.371 e. The summed E-state index contributed by atoms with van der Waals surface area (Å²) in [5.41, 5.74) is 1.96. The van der Waals surface area contributed by atoms with Crippen LogP contribution in [0.4, 0.5) is 5.69 Å². The molecular formula is C18H21NO2. The lowest BCUT2D eigenvalue weighted by Crippen LogP contribution is -2.40. The van der Waals surface area contributed by atoms with Gasteiger partial charge in [-0.1, -0.05) is 55.5 Å². The van der Waals surface area contributed by atoms with Crippen molar-refractivity contribution in [2.45, 2.75) is 18.9 Å². The second kappa shape index (κ2) is 7.04. The monoisotopic (exact) mass is 283 g/mol. The van der Waals surface area contributed by atoms with Gasteiger partial charge in [-0.05, 0) is 17.7 Å². The van der Waals surface area contributed by atoms with Crippen molar-refractivity contribution in [1.29, 1.82) is 0 Å². The third-order valence-corrected chi connectivity index (χ3v) is 3.75. The average molecular weight is 283 g/mol. The van der Waals surface area contributed by atoms with E-state index in [1.54, 1.807) is 19.1 Å². The molecule has 0 heterocycles. The number of anilines is 1. The van der Waals surface area contributed by atoms with E-state index in [9.17, 15) is 4.79 Å². The van der Waals surface area contributed by atoms with Gasteiger partial charge >= 0.3 is 0 Å². The number of amides is 1. The van der Waals surface area contributed by atoms with Gasteiger partial charge in [-0.2, -0.15) is 0 Å². The summed E-state index contributed by atoms with van der Waals surface area (Å²) in [6.45, 7) is 2.01. The van der Waals surface area contributed by atoms with Crippen LogP contribution in [-0.2, 0) is 9.53 Å². The number of carbonyl (C=O) groups is 1. The van der Waals surface area contributed by atoms with Crippen molar-refractivity contribution in [3.8, 4) is 0 Å². The molecule has 0 saturated heterocycles. The Kier molecular flexibility index (Phi) is 5.12. The van der Waals surface area contributed by atoms with Crippen LogP contribution < -0.4 is 4.90 Å². The lowest BCUT2D eigenvalue weighted by atomic mass is 9.94. The molecule has 0 saturated carbocycles. The topological polar surface area (TPSA) is 29.5 Å². The van der Waals surface area contributed by atoms with E-state index in [0.717, 1.165) is 11.3 Å². The maximum atomic E-state index is 12.7. The molecule has 2 atom stereocenters. The zero-order valence-corrected chi connectivity index (χ0v) is 12.7. The quantitative estimate of drug-likeness (QED) is 0.841. The lowest BCUT2D eigenvalue weighted by molar-refractivity contribution is -0.129. The minimum absolute atomic E-state index is 0.00476. The van der Waals surface area contributed by atoms with Crippen molar-refractivity contribution >= 4 is 11.6 Å². The Bertz CT molecular complexity index is 568. The number of methoxy groups -OCH3 is 1. The highest BCUT2D eigenvalue weighted by molar-refractivity contribution is 5.96. The fraction of sp³-hybridized carbons (Fsp3) is 0.278. The number of likely N-dealkylation sites (N-methyl/N-ethyl adjacent to an activating group) is 1. The molecule has 1 amide bonds. The average Bonchev–Trinajstić information content (AvgIpc) is 2.56. The molecule has 21 heavy (non-hydrogen) atoms. The Morgan fingerprint density at radius 2 is 1.52 bits per heavy atom. The first-order valence-electron chi connectivity index (χ1n) is 7.05. The number of carbonyl (C=O) groups excluding carboxylic acids is 1. The first-order chi connectivity index (χ1) is 10.1. The van der Waals surface area contributed by atoms with Gasteiger partial charge in [0.05, 0.1) is 0 Å². The smallest absolute Gasteiger partial charge is 0.256 e. The van der Waals surface area contributed by atoms with Crippen LogP contribution in [0, 0.1) is 0 Å². The van der Waals surface area contributed by atoms with Crippen LogP contribution >= 0.6 is 0 Å². The molecule has 3 nitrogen and oxygen atoms in total. The molecule has 2 rings (SSSR count). The largest absolute Gasteiger partial charge is 0.371 e. The normalized spacial score (nSPS) is 13.5. The van der Waals surface area contributed by atoms with Crippen LogP contribution in [0.25, 0.3) is 0 Å². The van der Waals surface area contributed by atoms with E-state index in [-0.39, 0.29) is 11.8 Å². The highest BCUT2D eigenvalue weighted by Gasteiger charge is 2.29. The van der Waals surface area contributed by atoms with Gasteiger partial charge in [0.2, 0.25) is 0 Å². The van der Waals surface area contributed by atoms with E-state index in [4.69, 9.17) is 4.74 Å². The van der Waals surface area contributed by atoms with Gasteiger partial charge in [-0.3, -0.25) is 4.79 Å². The van der Waals surface area contributed by atoms with Crippen LogP contribution in [0.1, 0.15) is 18.4 Å². The van der Waals surface area contributed by atoms with E-state index in [1.165, 1.54) is 0 Å². The highest BCUT2D eigenvalue weighted by Crippen LogP contribution is 2.24. The number of rotatable bonds is 5. The third kappa shape index (κ3) is 3.50. The van der Waals surface area contributed by atoms with Crippen molar-refractivity contribution < 1.29 is 9.53 Å². The predicted octanol–water partition coefficient (Wildman–Crippen LogP) is 3.47. The fourth-order valence-electron chi connectivity index (χ4n) is 2.42. The summed E-state index contributed by atoms with van der Waals surface area (Å²) in [5.74, 6) is -0.0464. The van der Waals surface area contributed by atoms with E-state index in [0.29, 0.717) is 0 Å². The third-order valence-electron chi connectivity index (χ3n) is 3.75. The zero-order valence-electron chi connectivity index (χ0n) is 12.7. The Morgan fingerprint density at radius 1 is 1.00 bits per heavy atom. The Hall–Kier alpha value is -2.13. The summed E-state index contributed by atoms with van der Waals surface area (Å²) in [6.07, 6.45) is -0.502. The van der Waals surface area contributed by atoms with Crippen molar-refractivity contribution in [2.24, 2.45) is 0 Å². The molecule has 0 fully saturated rings. The summed E-state index contributed by atoms with van der Waals surface area (Å²) < 4.78 is 5.48. The molecule has 0 bridgehead atoms. The lowest BCUT2D eigenvalue weighted by Gasteiger charge is -2.27. The van der Waals surface area contributed by atoms with Crippen LogP contribution in [0.5, 0.6) is 0 Å². The number of hydrogen-bond acceptors (Lipinski definition) is 2. The van der Waals surface area contributed by atoms with Crippen molar-refractivity contribution in [2.75, 3.05) is 19.1 Å². The number of para-hydroxylation sites is 1. The van der Waals surface area contributed by atoms with E-state index < -0.39 is 6.10 Å². The highest BCUT2D eigenvalue weighted by atomic mass is 16.5. The second-order valence-electron chi connectivity index (χ2n) is 5.09. The first kappa shape index (κ1) is 15.3. The maximum Gasteiger partial charge on any atom is 0.256 e. The Labute approximate surface area is 126 Å².